The van der Waals surface area contributed by atoms with E-state index in [1.165, 1.54) is 0 Å². The van der Waals surface area contributed by atoms with E-state index in [0.717, 1.165) is 18.4 Å². The second kappa shape index (κ2) is 9.51. The summed E-state index contributed by atoms with van der Waals surface area (Å²) in [6.45, 7) is 3.92. The summed E-state index contributed by atoms with van der Waals surface area (Å²) in [6.07, 6.45) is 3.42. The van der Waals surface area contributed by atoms with Crippen molar-refractivity contribution in [3.05, 3.63) is 41.2 Å². The van der Waals surface area contributed by atoms with Gasteiger partial charge >= 0.3 is 0 Å². The highest BCUT2D eigenvalue weighted by atomic mass is 16.5. The minimum absolute atomic E-state index is 0.000737. The molecule has 1 aliphatic heterocycles. The Morgan fingerprint density at radius 1 is 1.31 bits per heavy atom. The van der Waals surface area contributed by atoms with Crippen LogP contribution < -0.4 is 10.1 Å². The molecule has 1 fully saturated rings. The van der Waals surface area contributed by atoms with Crippen molar-refractivity contribution in [2.75, 3.05) is 33.9 Å². The number of benzene rings is 1. The maximum atomic E-state index is 13.1. The zero-order valence-corrected chi connectivity index (χ0v) is 17.1. The van der Waals surface area contributed by atoms with Gasteiger partial charge in [0.1, 0.15) is 5.75 Å². The van der Waals surface area contributed by atoms with Crippen molar-refractivity contribution in [3.63, 3.8) is 0 Å². The third-order valence-corrected chi connectivity index (χ3v) is 5.13. The average Bonchev–Trinajstić information content (AvgIpc) is 3.38. The number of amides is 2. The number of carbonyl (C=O) groups excluding carboxylic acids is 2. The van der Waals surface area contributed by atoms with Crippen LogP contribution in [0.5, 0.6) is 5.75 Å². The number of likely N-dealkylation sites (tertiary alicyclic amines) is 1. The Labute approximate surface area is 170 Å². The van der Waals surface area contributed by atoms with Crippen LogP contribution in [0.1, 0.15) is 39.3 Å². The Hall–Kier alpha value is -2.94. The number of rotatable bonds is 8. The number of hydrogen-bond acceptors (Lipinski definition) is 6. The third kappa shape index (κ3) is 4.73. The normalized spacial score (nSPS) is 16.1. The van der Waals surface area contributed by atoms with E-state index in [9.17, 15) is 9.59 Å². The molecular formula is C20H27N5O4. The molecule has 1 atom stereocenters. The molecule has 29 heavy (non-hydrogen) atoms. The Balaban J connectivity index is 1.67. The highest BCUT2D eigenvalue weighted by Crippen LogP contribution is 2.26. The average molecular weight is 401 g/mol. The van der Waals surface area contributed by atoms with Crippen LogP contribution in [0.3, 0.4) is 0 Å². The maximum Gasteiger partial charge on any atom is 0.273 e. The monoisotopic (exact) mass is 401 g/mol. The van der Waals surface area contributed by atoms with Crippen LogP contribution in [-0.2, 0) is 11.3 Å². The first kappa shape index (κ1) is 20.8. The fraction of sp³-hybridized carbons (Fsp3) is 0.500. The molecule has 1 aromatic carbocycles. The standard InChI is InChI=1S/C20H27N5O4/c1-14-16(7-4-8-18(14)29-3)20(27)25-10-5-6-15(25)12-24-13-17(22-23-24)19(26)21-9-11-28-2/h4,7-8,13,15H,5-6,9-12H2,1-3H3,(H,21,26). The lowest BCUT2D eigenvalue weighted by Gasteiger charge is -2.25. The van der Waals surface area contributed by atoms with Gasteiger partial charge in [-0.1, -0.05) is 11.3 Å². The molecule has 0 spiro atoms. The lowest BCUT2D eigenvalue weighted by Crippen LogP contribution is -2.38. The Bertz CT molecular complexity index is 866. The summed E-state index contributed by atoms with van der Waals surface area (Å²) in [6, 6.07) is 5.50. The topological polar surface area (TPSA) is 98.6 Å². The minimum Gasteiger partial charge on any atom is -0.496 e. The number of carbonyl (C=O) groups is 2. The summed E-state index contributed by atoms with van der Waals surface area (Å²) in [5.41, 5.74) is 1.73. The van der Waals surface area contributed by atoms with Gasteiger partial charge in [0.2, 0.25) is 0 Å². The van der Waals surface area contributed by atoms with E-state index in [0.29, 0.717) is 37.6 Å². The molecule has 0 aliphatic carbocycles. The first-order valence-electron chi connectivity index (χ1n) is 9.67. The molecule has 2 heterocycles. The molecule has 9 heteroatoms. The largest absolute Gasteiger partial charge is 0.496 e. The van der Waals surface area contributed by atoms with E-state index in [1.54, 1.807) is 25.1 Å². The molecule has 3 rings (SSSR count). The van der Waals surface area contributed by atoms with Crippen molar-refractivity contribution in [3.8, 4) is 5.75 Å². The van der Waals surface area contributed by atoms with Crippen molar-refractivity contribution in [1.82, 2.24) is 25.2 Å². The SMILES string of the molecule is COCCNC(=O)c1cn(CC2CCCN2C(=O)c2cccc(OC)c2C)nn1. The summed E-state index contributed by atoms with van der Waals surface area (Å²) in [5.74, 6) is 0.396. The highest BCUT2D eigenvalue weighted by Gasteiger charge is 2.31. The maximum absolute atomic E-state index is 13.1. The fourth-order valence-corrected chi connectivity index (χ4v) is 3.58. The summed E-state index contributed by atoms with van der Waals surface area (Å²) in [7, 11) is 3.17. The van der Waals surface area contributed by atoms with Gasteiger partial charge in [-0.3, -0.25) is 9.59 Å². The number of aromatic nitrogens is 3. The Morgan fingerprint density at radius 2 is 2.14 bits per heavy atom. The van der Waals surface area contributed by atoms with Crippen LogP contribution in [0.2, 0.25) is 0 Å². The smallest absolute Gasteiger partial charge is 0.273 e. The third-order valence-electron chi connectivity index (χ3n) is 5.13. The molecule has 0 saturated carbocycles. The molecule has 1 unspecified atom stereocenters. The summed E-state index contributed by atoms with van der Waals surface area (Å²) in [5, 5.41) is 10.7. The second-order valence-corrected chi connectivity index (χ2v) is 7.00. The lowest BCUT2D eigenvalue weighted by atomic mass is 10.1. The van der Waals surface area contributed by atoms with Crippen LogP contribution in [-0.4, -0.2) is 71.7 Å². The van der Waals surface area contributed by atoms with Crippen molar-refractivity contribution in [1.29, 1.82) is 0 Å². The van der Waals surface area contributed by atoms with Gasteiger partial charge in [-0.05, 0) is 31.9 Å². The van der Waals surface area contributed by atoms with Crippen LogP contribution in [0.4, 0.5) is 0 Å². The lowest BCUT2D eigenvalue weighted by molar-refractivity contribution is 0.0719. The zero-order chi connectivity index (χ0) is 20.8. The quantitative estimate of drug-likeness (QED) is 0.669. The summed E-state index contributed by atoms with van der Waals surface area (Å²) in [4.78, 5) is 27.1. The first-order valence-corrected chi connectivity index (χ1v) is 9.67. The predicted molar refractivity (Wildman–Crippen MR) is 106 cm³/mol. The number of methoxy groups -OCH3 is 2. The zero-order valence-electron chi connectivity index (χ0n) is 17.1. The van der Waals surface area contributed by atoms with Gasteiger partial charge in [-0.25, -0.2) is 4.68 Å². The Morgan fingerprint density at radius 3 is 2.90 bits per heavy atom. The van der Waals surface area contributed by atoms with Gasteiger partial charge in [0.05, 0.1) is 32.5 Å². The van der Waals surface area contributed by atoms with E-state index in [-0.39, 0.29) is 23.6 Å². The second-order valence-electron chi connectivity index (χ2n) is 7.00. The molecular weight excluding hydrogens is 374 g/mol. The van der Waals surface area contributed by atoms with E-state index >= 15 is 0 Å². The van der Waals surface area contributed by atoms with Crippen LogP contribution in [0, 0.1) is 6.92 Å². The molecule has 9 nitrogen and oxygen atoms in total. The van der Waals surface area contributed by atoms with E-state index in [1.807, 2.05) is 30.0 Å². The molecule has 2 aromatic rings. The summed E-state index contributed by atoms with van der Waals surface area (Å²) >= 11 is 0. The fourth-order valence-electron chi connectivity index (χ4n) is 3.58. The van der Waals surface area contributed by atoms with Crippen LogP contribution in [0.25, 0.3) is 0 Å². The van der Waals surface area contributed by atoms with Gasteiger partial charge in [0.15, 0.2) is 5.69 Å². The van der Waals surface area contributed by atoms with Crippen molar-refractivity contribution in [2.24, 2.45) is 0 Å². The summed E-state index contributed by atoms with van der Waals surface area (Å²) < 4.78 is 11.9. The van der Waals surface area contributed by atoms with Gasteiger partial charge < -0.3 is 19.7 Å². The first-order chi connectivity index (χ1) is 14.0. The molecule has 1 aromatic heterocycles. The number of nitrogens with one attached hydrogen (secondary N) is 1. The van der Waals surface area contributed by atoms with Crippen LogP contribution >= 0.6 is 0 Å². The van der Waals surface area contributed by atoms with E-state index in [4.69, 9.17) is 9.47 Å². The molecule has 1 saturated heterocycles. The van der Waals surface area contributed by atoms with Gasteiger partial charge in [-0.2, -0.15) is 0 Å². The van der Waals surface area contributed by atoms with Crippen molar-refractivity contribution >= 4 is 11.8 Å². The van der Waals surface area contributed by atoms with Gasteiger partial charge in [0.25, 0.3) is 11.8 Å². The highest BCUT2D eigenvalue weighted by molar-refractivity contribution is 5.96. The molecule has 156 valence electrons. The van der Waals surface area contributed by atoms with Crippen molar-refractivity contribution in [2.45, 2.75) is 32.4 Å². The van der Waals surface area contributed by atoms with Gasteiger partial charge in [-0.15, -0.1) is 5.10 Å². The predicted octanol–water partition coefficient (Wildman–Crippen LogP) is 1.28. The molecule has 2 amide bonds. The molecule has 0 radical (unpaired) electrons. The molecule has 1 N–H and O–H groups in total. The number of hydrogen-bond donors (Lipinski definition) is 1. The van der Waals surface area contributed by atoms with Crippen molar-refractivity contribution < 1.29 is 19.1 Å². The number of ether oxygens (including phenoxy) is 2. The molecule has 0 bridgehead atoms. The number of nitrogens with zero attached hydrogens (tertiary/aromatic N) is 4. The van der Waals surface area contributed by atoms with E-state index in [2.05, 4.69) is 15.6 Å². The van der Waals surface area contributed by atoms with Crippen LogP contribution in [0.15, 0.2) is 24.4 Å². The Kier molecular flexibility index (Phi) is 6.82. The van der Waals surface area contributed by atoms with E-state index < -0.39 is 0 Å². The molecule has 1 aliphatic rings. The minimum atomic E-state index is -0.292. The van der Waals surface area contributed by atoms with Gasteiger partial charge in [0, 0.05) is 31.3 Å².